The van der Waals surface area contributed by atoms with Gasteiger partial charge in [0, 0.05) is 17.1 Å². The fraction of sp³-hybridized carbons (Fsp3) is 0.231. The molecule has 134 valence electrons. The standard InChI is InChI=1S/C13H11F3N4O4S/c1-7-6-25-12(22)19(7)5-11(21)18-17-9-3-2-8(13(14,15)16)4-10(9)20(23)24/h2-4,6,17H,5H2,1H3,(H,18,21). The normalized spacial score (nSPS) is 11.2. The van der Waals surface area contributed by atoms with Crippen molar-refractivity contribution in [2.24, 2.45) is 0 Å². The molecule has 0 radical (unpaired) electrons. The van der Waals surface area contributed by atoms with E-state index >= 15 is 0 Å². The van der Waals surface area contributed by atoms with Crippen molar-refractivity contribution in [2.75, 3.05) is 5.43 Å². The van der Waals surface area contributed by atoms with E-state index < -0.39 is 28.3 Å². The number of hydrazine groups is 1. The molecule has 12 heteroatoms. The maximum Gasteiger partial charge on any atom is 0.416 e. The monoisotopic (exact) mass is 376 g/mol. The zero-order chi connectivity index (χ0) is 18.8. The Balaban J connectivity index is 2.13. The van der Waals surface area contributed by atoms with Crippen molar-refractivity contribution in [3.05, 3.63) is 54.6 Å². The third-order valence-corrected chi connectivity index (χ3v) is 4.02. The lowest BCUT2D eigenvalue weighted by molar-refractivity contribution is -0.384. The number of aromatic nitrogens is 1. The number of aryl methyl sites for hydroxylation is 1. The molecule has 2 aromatic rings. The van der Waals surface area contributed by atoms with Gasteiger partial charge in [-0.05, 0) is 19.1 Å². The summed E-state index contributed by atoms with van der Waals surface area (Å²) < 4.78 is 39.0. The van der Waals surface area contributed by atoms with Gasteiger partial charge in [-0.3, -0.25) is 35.1 Å². The largest absolute Gasteiger partial charge is 0.416 e. The Morgan fingerprint density at radius 1 is 1.40 bits per heavy atom. The van der Waals surface area contributed by atoms with Crippen molar-refractivity contribution in [1.29, 1.82) is 0 Å². The van der Waals surface area contributed by atoms with Crippen molar-refractivity contribution >= 4 is 28.6 Å². The van der Waals surface area contributed by atoms with Crippen LogP contribution in [0.25, 0.3) is 0 Å². The third-order valence-electron chi connectivity index (χ3n) is 3.14. The number of nitro benzene ring substituents is 1. The highest BCUT2D eigenvalue weighted by Gasteiger charge is 2.33. The van der Waals surface area contributed by atoms with Gasteiger partial charge in [0.05, 0.1) is 10.5 Å². The van der Waals surface area contributed by atoms with Crippen LogP contribution < -0.4 is 15.7 Å². The number of carbonyl (C=O) groups excluding carboxylic acids is 1. The highest BCUT2D eigenvalue weighted by Crippen LogP contribution is 2.34. The highest BCUT2D eigenvalue weighted by atomic mass is 32.1. The number of nitrogens with zero attached hydrogens (tertiary/aromatic N) is 2. The van der Waals surface area contributed by atoms with Crippen LogP contribution in [0, 0.1) is 17.0 Å². The number of rotatable bonds is 5. The second-order valence-corrected chi connectivity index (χ2v) is 5.71. The average Bonchev–Trinajstić information content (AvgIpc) is 2.83. The summed E-state index contributed by atoms with van der Waals surface area (Å²) in [5.74, 6) is -0.696. The first-order valence-electron chi connectivity index (χ1n) is 6.65. The molecule has 25 heavy (non-hydrogen) atoms. The van der Waals surface area contributed by atoms with Gasteiger partial charge in [0.15, 0.2) is 0 Å². The molecule has 0 saturated carbocycles. The van der Waals surface area contributed by atoms with Crippen molar-refractivity contribution in [2.45, 2.75) is 19.6 Å². The van der Waals surface area contributed by atoms with Crippen molar-refractivity contribution < 1.29 is 22.9 Å². The minimum absolute atomic E-state index is 0.319. The summed E-state index contributed by atoms with van der Waals surface area (Å²) in [7, 11) is 0. The lowest BCUT2D eigenvalue weighted by Gasteiger charge is -2.12. The summed E-state index contributed by atoms with van der Waals surface area (Å²) in [4.78, 5) is 32.9. The van der Waals surface area contributed by atoms with E-state index in [0.717, 1.165) is 17.4 Å². The number of hydrogen-bond acceptors (Lipinski definition) is 6. The van der Waals surface area contributed by atoms with E-state index in [0.29, 0.717) is 17.8 Å². The number of amides is 1. The molecule has 0 aliphatic heterocycles. The van der Waals surface area contributed by atoms with Crippen LogP contribution in [-0.2, 0) is 17.5 Å². The van der Waals surface area contributed by atoms with Crippen LogP contribution in [0.5, 0.6) is 0 Å². The molecule has 1 heterocycles. The predicted octanol–water partition coefficient (Wildman–Crippen LogP) is 2.29. The lowest BCUT2D eigenvalue weighted by Crippen LogP contribution is -2.35. The number of nitro groups is 1. The van der Waals surface area contributed by atoms with Crippen molar-refractivity contribution in [1.82, 2.24) is 9.99 Å². The minimum Gasteiger partial charge on any atom is -0.294 e. The van der Waals surface area contributed by atoms with Gasteiger partial charge in [0.1, 0.15) is 12.2 Å². The number of benzene rings is 1. The summed E-state index contributed by atoms with van der Waals surface area (Å²) >= 11 is 0.909. The molecule has 0 unspecified atom stereocenters. The minimum atomic E-state index is -4.73. The van der Waals surface area contributed by atoms with Gasteiger partial charge in [-0.15, -0.1) is 0 Å². The fourth-order valence-corrected chi connectivity index (χ4v) is 2.62. The first kappa shape index (κ1) is 18.4. The van der Waals surface area contributed by atoms with Crippen LogP contribution in [0.3, 0.4) is 0 Å². The van der Waals surface area contributed by atoms with E-state index in [1.807, 2.05) is 0 Å². The summed E-state index contributed by atoms with van der Waals surface area (Å²) in [5.41, 5.74) is 2.53. The first-order chi connectivity index (χ1) is 11.6. The highest BCUT2D eigenvalue weighted by molar-refractivity contribution is 7.07. The maximum absolute atomic E-state index is 12.6. The van der Waals surface area contributed by atoms with Crippen LogP contribution in [0.1, 0.15) is 11.3 Å². The van der Waals surface area contributed by atoms with E-state index in [9.17, 15) is 32.9 Å². The second-order valence-electron chi connectivity index (χ2n) is 4.89. The van der Waals surface area contributed by atoms with Crippen LogP contribution in [0.15, 0.2) is 28.4 Å². The Kier molecular flexibility index (Phi) is 5.11. The molecule has 2 rings (SSSR count). The molecule has 0 aliphatic carbocycles. The van der Waals surface area contributed by atoms with Gasteiger partial charge < -0.3 is 0 Å². The summed E-state index contributed by atoms with van der Waals surface area (Å²) in [6.07, 6.45) is -4.73. The molecule has 2 N–H and O–H groups in total. The van der Waals surface area contributed by atoms with Crippen LogP contribution in [0.4, 0.5) is 24.5 Å². The summed E-state index contributed by atoms with van der Waals surface area (Å²) in [6, 6.07) is 1.85. The topological polar surface area (TPSA) is 106 Å². The van der Waals surface area contributed by atoms with Crippen molar-refractivity contribution in [3.63, 3.8) is 0 Å². The van der Waals surface area contributed by atoms with E-state index in [1.165, 1.54) is 4.57 Å². The lowest BCUT2D eigenvalue weighted by atomic mass is 10.1. The quantitative estimate of drug-likeness (QED) is 0.615. The SMILES string of the molecule is Cc1csc(=O)n1CC(=O)NNc1ccc(C(F)(F)F)cc1[N+](=O)[O-]. The number of hydrogen-bond donors (Lipinski definition) is 2. The Bertz CT molecular complexity index is 875. The molecular weight excluding hydrogens is 365 g/mol. The average molecular weight is 376 g/mol. The Hall–Kier alpha value is -2.89. The molecule has 0 bridgehead atoms. The number of alkyl halides is 3. The zero-order valence-electron chi connectivity index (χ0n) is 12.6. The van der Waals surface area contributed by atoms with E-state index in [4.69, 9.17) is 0 Å². The van der Waals surface area contributed by atoms with Crippen LogP contribution >= 0.6 is 11.3 Å². The molecule has 0 aliphatic rings. The molecule has 1 aromatic carbocycles. The van der Waals surface area contributed by atoms with Gasteiger partial charge in [-0.1, -0.05) is 11.3 Å². The maximum atomic E-state index is 12.6. The van der Waals surface area contributed by atoms with Crippen molar-refractivity contribution in [3.8, 4) is 0 Å². The van der Waals surface area contributed by atoms with Gasteiger partial charge >= 0.3 is 11.0 Å². The first-order valence-corrected chi connectivity index (χ1v) is 7.53. The number of thiazole rings is 1. The molecule has 1 amide bonds. The number of anilines is 1. The van der Waals surface area contributed by atoms with Gasteiger partial charge in [0.2, 0.25) is 0 Å². The number of carbonyl (C=O) groups is 1. The van der Waals surface area contributed by atoms with E-state index in [2.05, 4.69) is 10.9 Å². The van der Waals surface area contributed by atoms with Gasteiger partial charge in [-0.25, -0.2) is 0 Å². The smallest absolute Gasteiger partial charge is 0.294 e. The van der Waals surface area contributed by atoms with E-state index in [-0.39, 0.29) is 17.1 Å². The Morgan fingerprint density at radius 2 is 2.08 bits per heavy atom. The second kappa shape index (κ2) is 6.93. The van der Waals surface area contributed by atoms with E-state index in [1.54, 1.807) is 12.3 Å². The molecule has 8 nitrogen and oxygen atoms in total. The molecular formula is C13H11F3N4O4S. The van der Waals surface area contributed by atoms with Crippen LogP contribution in [-0.4, -0.2) is 15.4 Å². The number of nitrogens with one attached hydrogen (secondary N) is 2. The Morgan fingerprint density at radius 3 is 2.60 bits per heavy atom. The Labute approximate surface area is 142 Å². The number of halogens is 3. The van der Waals surface area contributed by atoms with Crippen LogP contribution in [0.2, 0.25) is 0 Å². The molecule has 0 saturated heterocycles. The molecule has 0 spiro atoms. The van der Waals surface area contributed by atoms with Gasteiger partial charge in [-0.2, -0.15) is 13.2 Å². The predicted molar refractivity (Wildman–Crippen MR) is 83.2 cm³/mol. The zero-order valence-corrected chi connectivity index (χ0v) is 13.4. The fourth-order valence-electron chi connectivity index (χ4n) is 1.88. The molecule has 1 aromatic heterocycles. The summed E-state index contributed by atoms with van der Waals surface area (Å²) in [5, 5.41) is 12.5. The summed E-state index contributed by atoms with van der Waals surface area (Å²) in [6.45, 7) is 1.29. The molecule has 0 atom stereocenters. The van der Waals surface area contributed by atoms with Gasteiger partial charge in [0.25, 0.3) is 11.6 Å². The third kappa shape index (κ3) is 4.35. The molecule has 0 fully saturated rings.